The van der Waals surface area contributed by atoms with Crippen molar-refractivity contribution in [2.45, 2.75) is 25.7 Å². The second-order valence-corrected chi connectivity index (χ2v) is 6.27. The van der Waals surface area contributed by atoms with Crippen molar-refractivity contribution in [1.29, 1.82) is 0 Å². The maximum Gasteiger partial charge on any atom is 0.226 e. The van der Waals surface area contributed by atoms with Crippen LogP contribution >= 0.6 is 11.3 Å². The number of thiazole rings is 1. The maximum absolute atomic E-state index is 11.9. The highest BCUT2D eigenvalue weighted by Crippen LogP contribution is 2.21. The van der Waals surface area contributed by atoms with Crippen LogP contribution in [0, 0.1) is 0 Å². The molecule has 3 N–H and O–H groups in total. The molecule has 0 spiro atoms. The lowest BCUT2D eigenvalue weighted by Gasteiger charge is -2.25. The van der Waals surface area contributed by atoms with Gasteiger partial charge in [0.2, 0.25) is 5.91 Å². The lowest BCUT2D eigenvalue weighted by atomic mass is 9.84. The van der Waals surface area contributed by atoms with Crippen molar-refractivity contribution < 1.29 is 4.79 Å². The van der Waals surface area contributed by atoms with Crippen molar-refractivity contribution >= 4 is 22.4 Å². The molecule has 106 valence electrons. The Morgan fingerprint density at radius 1 is 1.35 bits per heavy atom. The number of hydrogen-bond acceptors (Lipinski definition) is 4. The molecule has 0 atom stereocenters. The molecule has 1 aromatic heterocycles. The molecule has 0 saturated heterocycles. The van der Waals surface area contributed by atoms with E-state index in [4.69, 9.17) is 5.73 Å². The Morgan fingerprint density at radius 2 is 2.05 bits per heavy atom. The van der Waals surface area contributed by atoms with E-state index >= 15 is 0 Å². The Hall–Kier alpha value is -1.88. The Morgan fingerprint density at radius 3 is 2.65 bits per heavy atom. The molecule has 0 fully saturated rings. The Bertz CT molecular complexity index is 578. The summed E-state index contributed by atoms with van der Waals surface area (Å²) in [5, 5.41) is 5.28. The van der Waals surface area contributed by atoms with Gasteiger partial charge in [0, 0.05) is 17.3 Å². The molecule has 20 heavy (non-hydrogen) atoms. The molecule has 0 aliphatic heterocycles. The molecule has 0 unspecified atom stereocenters. The topological polar surface area (TPSA) is 68.0 Å². The van der Waals surface area contributed by atoms with Crippen LogP contribution in [0.1, 0.15) is 25.1 Å². The highest BCUT2D eigenvalue weighted by Gasteiger charge is 2.21. The van der Waals surface area contributed by atoms with E-state index in [-0.39, 0.29) is 17.7 Å². The summed E-state index contributed by atoms with van der Waals surface area (Å²) in [5.74, 6) is -0.0284. The van der Waals surface area contributed by atoms with Crippen LogP contribution in [0.5, 0.6) is 0 Å². The van der Waals surface area contributed by atoms with Gasteiger partial charge >= 0.3 is 0 Å². The number of amides is 1. The van der Waals surface area contributed by atoms with Gasteiger partial charge in [0.05, 0.1) is 12.1 Å². The summed E-state index contributed by atoms with van der Waals surface area (Å²) < 4.78 is 0. The van der Waals surface area contributed by atoms with E-state index in [1.807, 2.05) is 23.6 Å². The standard InChI is InChI=1S/C15H19N3OS/c1-15(2,11-6-4-3-5-7-11)10-17-13(19)8-12-9-20-14(16)18-12/h3-7,9H,8,10H2,1-2H3,(H2,16,18)(H,17,19). The van der Waals surface area contributed by atoms with Crippen molar-refractivity contribution in [3.05, 3.63) is 47.0 Å². The zero-order valence-corrected chi connectivity index (χ0v) is 12.5. The first-order valence-corrected chi connectivity index (χ1v) is 7.37. The van der Waals surface area contributed by atoms with Crippen LogP contribution in [-0.2, 0) is 16.6 Å². The molecule has 0 aliphatic carbocycles. The van der Waals surface area contributed by atoms with Crippen molar-refractivity contribution in [3.8, 4) is 0 Å². The normalized spacial score (nSPS) is 11.3. The molecule has 0 saturated carbocycles. The van der Waals surface area contributed by atoms with E-state index in [0.29, 0.717) is 11.7 Å². The summed E-state index contributed by atoms with van der Waals surface area (Å²) in [6, 6.07) is 10.2. The van der Waals surface area contributed by atoms with Gasteiger partial charge in [0.15, 0.2) is 5.13 Å². The van der Waals surface area contributed by atoms with Crippen molar-refractivity contribution in [2.75, 3.05) is 12.3 Å². The van der Waals surface area contributed by atoms with Gasteiger partial charge in [-0.05, 0) is 5.56 Å². The SMILES string of the molecule is CC(C)(CNC(=O)Cc1csc(N)n1)c1ccccc1. The molecular weight excluding hydrogens is 270 g/mol. The second-order valence-electron chi connectivity index (χ2n) is 5.38. The zero-order valence-electron chi connectivity index (χ0n) is 11.7. The molecule has 5 heteroatoms. The average Bonchev–Trinajstić information content (AvgIpc) is 2.83. The fraction of sp³-hybridized carbons (Fsp3) is 0.333. The first kappa shape index (κ1) is 14.5. The minimum atomic E-state index is -0.0992. The number of hydrogen-bond donors (Lipinski definition) is 2. The smallest absolute Gasteiger partial charge is 0.226 e. The van der Waals surface area contributed by atoms with Crippen LogP contribution < -0.4 is 11.1 Å². The highest BCUT2D eigenvalue weighted by molar-refractivity contribution is 7.13. The lowest BCUT2D eigenvalue weighted by Crippen LogP contribution is -2.37. The number of nitrogens with zero attached hydrogens (tertiary/aromatic N) is 1. The number of aromatic nitrogens is 1. The lowest BCUT2D eigenvalue weighted by molar-refractivity contribution is -0.120. The Kier molecular flexibility index (Phi) is 4.39. The van der Waals surface area contributed by atoms with Crippen LogP contribution in [0.2, 0.25) is 0 Å². The summed E-state index contributed by atoms with van der Waals surface area (Å²) in [4.78, 5) is 16.0. The number of nitrogens with two attached hydrogens (primary N) is 1. The summed E-state index contributed by atoms with van der Waals surface area (Å²) >= 11 is 1.35. The second kappa shape index (κ2) is 6.05. The first-order chi connectivity index (χ1) is 9.47. The molecule has 2 aromatic rings. The fourth-order valence-corrected chi connectivity index (χ4v) is 2.50. The Balaban J connectivity index is 1.89. The monoisotopic (exact) mass is 289 g/mol. The highest BCUT2D eigenvalue weighted by atomic mass is 32.1. The van der Waals surface area contributed by atoms with Gasteiger partial charge in [0.1, 0.15) is 0 Å². The predicted molar refractivity (Wildman–Crippen MR) is 82.7 cm³/mol. The number of carbonyl (C=O) groups excluding carboxylic acids is 1. The Labute approximate surface area is 123 Å². The van der Waals surface area contributed by atoms with Crippen LogP contribution in [0.3, 0.4) is 0 Å². The van der Waals surface area contributed by atoms with Crippen LogP contribution in [0.15, 0.2) is 35.7 Å². The predicted octanol–water partition coefficient (Wildman–Crippen LogP) is 2.36. The molecule has 1 heterocycles. The van der Waals surface area contributed by atoms with Crippen molar-refractivity contribution in [1.82, 2.24) is 10.3 Å². The van der Waals surface area contributed by atoms with E-state index in [1.54, 1.807) is 0 Å². The van der Waals surface area contributed by atoms with E-state index in [1.165, 1.54) is 16.9 Å². The molecular formula is C15H19N3OS. The maximum atomic E-state index is 11.9. The number of nitrogen functional groups attached to an aromatic ring is 1. The van der Waals surface area contributed by atoms with Gasteiger partial charge in [-0.1, -0.05) is 44.2 Å². The molecule has 1 aromatic carbocycles. The molecule has 0 radical (unpaired) electrons. The van der Waals surface area contributed by atoms with Crippen LogP contribution in [0.4, 0.5) is 5.13 Å². The van der Waals surface area contributed by atoms with Gasteiger partial charge in [-0.3, -0.25) is 4.79 Å². The number of carbonyl (C=O) groups is 1. The van der Waals surface area contributed by atoms with Crippen molar-refractivity contribution in [2.24, 2.45) is 0 Å². The summed E-state index contributed by atoms with van der Waals surface area (Å²) in [7, 11) is 0. The number of benzene rings is 1. The van der Waals surface area contributed by atoms with Gasteiger partial charge in [-0.15, -0.1) is 11.3 Å². The zero-order chi connectivity index (χ0) is 14.6. The molecule has 2 rings (SSSR count). The minimum absolute atomic E-state index is 0.0284. The number of nitrogens with one attached hydrogen (secondary N) is 1. The molecule has 0 bridgehead atoms. The largest absolute Gasteiger partial charge is 0.375 e. The first-order valence-electron chi connectivity index (χ1n) is 6.49. The van der Waals surface area contributed by atoms with E-state index in [2.05, 4.69) is 36.3 Å². The van der Waals surface area contributed by atoms with Gasteiger partial charge in [-0.25, -0.2) is 4.98 Å². The molecule has 1 amide bonds. The van der Waals surface area contributed by atoms with Gasteiger partial charge < -0.3 is 11.1 Å². The summed E-state index contributed by atoms with van der Waals surface area (Å²) in [5.41, 5.74) is 7.38. The van der Waals surface area contributed by atoms with E-state index in [9.17, 15) is 4.79 Å². The third kappa shape index (κ3) is 3.81. The fourth-order valence-electron chi connectivity index (χ4n) is 1.94. The minimum Gasteiger partial charge on any atom is -0.375 e. The summed E-state index contributed by atoms with van der Waals surface area (Å²) in [6.07, 6.45) is 0.276. The van der Waals surface area contributed by atoms with E-state index < -0.39 is 0 Å². The van der Waals surface area contributed by atoms with Gasteiger partial charge in [0.25, 0.3) is 0 Å². The third-order valence-corrected chi connectivity index (χ3v) is 3.92. The average molecular weight is 289 g/mol. The quantitative estimate of drug-likeness (QED) is 0.888. The van der Waals surface area contributed by atoms with E-state index in [0.717, 1.165) is 5.69 Å². The van der Waals surface area contributed by atoms with Gasteiger partial charge in [-0.2, -0.15) is 0 Å². The third-order valence-electron chi connectivity index (χ3n) is 3.19. The number of rotatable bonds is 5. The summed E-state index contributed by atoms with van der Waals surface area (Å²) in [6.45, 7) is 4.82. The van der Waals surface area contributed by atoms with Crippen molar-refractivity contribution in [3.63, 3.8) is 0 Å². The number of anilines is 1. The van der Waals surface area contributed by atoms with Crippen LogP contribution in [-0.4, -0.2) is 17.4 Å². The molecule has 0 aliphatic rings. The van der Waals surface area contributed by atoms with Crippen LogP contribution in [0.25, 0.3) is 0 Å². The molecule has 4 nitrogen and oxygen atoms in total.